The second kappa shape index (κ2) is 58.8. The molecule has 2 N–H and O–H groups in total. The van der Waals surface area contributed by atoms with Crippen molar-refractivity contribution in [3.8, 4) is 0 Å². The lowest BCUT2D eigenvalue weighted by atomic mass is 10.0. The molecule has 0 amide bonds. The van der Waals surface area contributed by atoms with Crippen LogP contribution in [0.3, 0.4) is 0 Å². The van der Waals surface area contributed by atoms with Gasteiger partial charge in [0, 0.05) is 12.5 Å². The molecule has 0 aromatic heterocycles. The van der Waals surface area contributed by atoms with E-state index in [4.69, 9.17) is 10.2 Å². The van der Waals surface area contributed by atoms with E-state index in [1.807, 2.05) is 0 Å². The maximum atomic E-state index is 10.5. The van der Waals surface area contributed by atoms with Crippen LogP contribution in [0.2, 0.25) is 0 Å². The molecular weight excluding hydrogens is 797 g/mol. The number of carbonyl (C=O) groups is 2. The van der Waals surface area contributed by atoms with Crippen molar-refractivity contribution in [1.82, 2.24) is 0 Å². The molecule has 0 unspecified atom stereocenters. The monoisotopic (exact) mass is 915 g/mol. The van der Waals surface area contributed by atoms with Crippen LogP contribution in [0, 0.1) is 0 Å². The van der Waals surface area contributed by atoms with Gasteiger partial charge in [0.25, 0.3) is 0 Å². The Morgan fingerprint density at radius 3 is 0.492 bits per heavy atom. The van der Waals surface area contributed by atoms with Crippen molar-refractivity contribution >= 4 is 11.9 Å². The Labute approximate surface area is 408 Å². The molecule has 0 aromatic rings. The van der Waals surface area contributed by atoms with Crippen molar-refractivity contribution < 1.29 is 19.8 Å². The maximum absolute atomic E-state index is 10.5. The Balaban J connectivity index is 3.08. The average molecular weight is 916 g/mol. The Bertz CT molecular complexity index is 929. The first-order valence-electron chi connectivity index (χ1n) is 30.2. The summed E-state index contributed by atoms with van der Waals surface area (Å²) in [4.78, 5) is 21.0. The van der Waals surface area contributed by atoms with E-state index in [1.54, 1.807) is 6.08 Å². The van der Waals surface area contributed by atoms with Gasteiger partial charge in [0.05, 0.1) is 0 Å². The van der Waals surface area contributed by atoms with Crippen molar-refractivity contribution in [2.45, 2.75) is 366 Å². The third kappa shape index (κ3) is 62.7. The summed E-state index contributed by atoms with van der Waals surface area (Å²) in [6, 6.07) is 0. The van der Waals surface area contributed by atoms with E-state index in [2.05, 4.69) is 0 Å². The molecule has 4 heteroatoms. The summed E-state index contributed by atoms with van der Waals surface area (Å²) in [7, 11) is 0. The van der Waals surface area contributed by atoms with Gasteiger partial charge in [-0.3, -0.25) is 4.79 Å². The van der Waals surface area contributed by atoms with Crippen LogP contribution in [0.4, 0.5) is 0 Å². The van der Waals surface area contributed by atoms with Crippen LogP contribution < -0.4 is 0 Å². The van der Waals surface area contributed by atoms with Gasteiger partial charge in [0.2, 0.25) is 0 Å². The molecule has 0 aliphatic rings. The number of carboxylic acids is 2. The standard InChI is InChI=1S/C61H118O4/c62-60(63)58-56-54-52-50-48-46-44-42-40-38-36-34-32-30-28-26-24-22-20-18-16-14-12-10-8-6-4-2-1-3-5-7-9-11-13-15-17-19-21-23-25-27-29-31-33-35-37-39-41-43-45-47-49-51-53-55-57-59-61(64)65/h56,58H,1-55,57,59H2,(H,62,63)(H,64,65). The zero-order valence-corrected chi connectivity index (χ0v) is 44.2. The second-order valence-electron chi connectivity index (χ2n) is 21.1. The van der Waals surface area contributed by atoms with E-state index in [-0.39, 0.29) is 0 Å². The van der Waals surface area contributed by atoms with Crippen LogP contribution in [0.15, 0.2) is 12.2 Å². The van der Waals surface area contributed by atoms with E-state index < -0.39 is 11.9 Å². The second-order valence-corrected chi connectivity index (χ2v) is 21.1. The average Bonchev–Trinajstić information content (AvgIpc) is 3.29. The van der Waals surface area contributed by atoms with Gasteiger partial charge in [-0.2, -0.15) is 0 Å². The molecular formula is C61H118O4. The highest BCUT2D eigenvalue weighted by Crippen LogP contribution is 2.19. The summed E-state index contributed by atoms with van der Waals surface area (Å²) in [5.74, 6) is -1.48. The molecule has 0 fully saturated rings. The predicted octanol–water partition coefficient (Wildman–Crippen LogP) is 21.9. The van der Waals surface area contributed by atoms with Crippen LogP contribution in [0.5, 0.6) is 0 Å². The molecule has 0 radical (unpaired) electrons. The first kappa shape index (κ1) is 63.7. The minimum Gasteiger partial charge on any atom is -0.481 e. The van der Waals surface area contributed by atoms with Gasteiger partial charge in [0.1, 0.15) is 0 Å². The number of rotatable bonds is 59. The quantitative estimate of drug-likeness (QED) is 0.0471. The lowest BCUT2D eigenvalue weighted by Gasteiger charge is -2.05. The predicted molar refractivity (Wildman–Crippen MR) is 288 cm³/mol. The van der Waals surface area contributed by atoms with Crippen molar-refractivity contribution in [1.29, 1.82) is 0 Å². The molecule has 4 nitrogen and oxygen atoms in total. The molecule has 0 bridgehead atoms. The Hall–Kier alpha value is -1.32. The Kier molecular flexibility index (Phi) is 57.6. The van der Waals surface area contributed by atoms with E-state index >= 15 is 0 Å². The van der Waals surface area contributed by atoms with Crippen LogP contribution in [-0.4, -0.2) is 22.2 Å². The highest BCUT2D eigenvalue weighted by molar-refractivity contribution is 5.79. The smallest absolute Gasteiger partial charge is 0.327 e. The van der Waals surface area contributed by atoms with E-state index in [9.17, 15) is 9.59 Å². The lowest BCUT2D eigenvalue weighted by molar-refractivity contribution is -0.137. The van der Waals surface area contributed by atoms with Crippen LogP contribution in [0.25, 0.3) is 0 Å². The fourth-order valence-electron chi connectivity index (χ4n) is 10.1. The molecule has 0 aliphatic heterocycles. The number of hydrogen-bond donors (Lipinski definition) is 2. The lowest BCUT2D eigenvalue weighted by Crippen LogP contribution is -1.93. The fraction of sp³-hybridized carbons (Fsp3) is 0.934. The van der Waals surface area contributed by atoms with Crippen LogP contribution >= 0.6 is 0 Å². The van der Waals surface area contributed by atoms with Gasteiger partial charge in [0.15, 0.2) is 0 Å². The largest absolute Gasteiger partial charge is 0.481 e. The summed E-state index contributed by atoms with van der Waals surface area (Å²) in [5.41, 5.74) is 0. The fourth-order valence-corrected chi connectivity index (χ4v) is 10.1. The summed E-state index contributed by atoms with van der Waals surface area (Å²) >= 11 is 0. The highest BCUT2D eigenvalue weighted by Gasteiger charge is 2.01. The third-order valence-electron chi connectivity index (χ3n) is 14.5. The number of allylic oxidation sites excluding steroid dienone is 1. The van der Waals surface area contributed by atoms with Crippen LogP contribution in [-0.2, 0) is 9.59 Å². The first-order chi connectivity index (χ1) is 32.1. The zero-order chi connectivity index (χ0) is 46.9. The Morgan fingerprint density at radius 1 is 0.215 bits per heavy atom. The topological polar surface area (TPSA) is 74.6 Å². The third-order valence-corrected chi connectivity index (χ3v) is 14.5. The molecule has 386 valence electrons. The van der Waals surface area contributed by atoms with Gasteiger partial charge in [-0.25, -0.2) is 4.79 Å². The SMILES string of the molecule is O=C(O)C=CCCCCCCCCCCCCCCCCCCCCCCCCCCCCCCCCCCCCCCCCCCCCCCCCCCCCCCCCCC(=O)O. The molecule has 0 rings (SSSR count). The Morgan fingerprint density at radius 2 is 0.354 bits per heavy atom. The minimum absolute atomic E-state index is 0.344. The number of hydrogen-bond acceptors (Lipinski definition) is 2. The molecule has 0 aliphatic carbocycles. The van der Waals surface area contributed by atoms with E-state index in [0.29, 0.717) is 6.42 Å². The van der Waals surface area contributed by atoms with Gasteiger partial charge in [-0.05, 0) is 19.3 Å². The summed E-state index contributed by atoms with van der Waals surface area (Å²) < 4.78 is 0. The maximum Gasteiger partial charge on any atom is 0.327 e. The number of carboxylic acid groups (broad SMARTS) is 2. The van der Waals surface area contributed by atoms with Crippen molar-refractivity contribution in [3.05, 3.63) is 12.2 Å². The van der Waals surface area contributed by atoms with Gasteiger partial charge >= 0.3 is 11.9 Å². The van der Waals surface area contributed by atoms with Gasteiger partial charge in [-0.1, -0.05) is 346 Å². The van der Waals surface area contributed by atoms with Crippen molar-refractivity contribution in [2.75, 3.05) is 0 Å². The van der Waals surface area contributed by atoms with Gasteiger partial charge < -0.3 is 10.2 Å². The zero-order valence-electron chi connectivity index (χ0n) is 44.2. The van der Waals surface area contributed by atoms with Crippen molar-refractivity contribution in [3.63, 3.8) is 0 Å². The van der Waals surface area contributed by atoms with Crippen molar-refractivity contribution in [2.24, 2.45) is 0 Å². The molecule has 65 heavy (non-hydrogen) atoms. The number of aliphatic carboxylic acids is 2. The molecule has 0 atom stereocenters. The molecule has 0 heterocycles. The van der Waals surface area contributed by atoms with E-state index in [1.165, 1.54) is 340 Å². The van der Waals surface area contributed by atoms with Gasteiger partial charge in [-0.15, -0.1) is 0 Å². The highest BCUT2D eigenvalue weighted by atomic mass is 16.4. The molecule has 0 saturated heterocycles. The molecule has 0 spiro atoms. The van der Waals surface area contributed by atoms with Crippen LogP contribution in [0.1, 0.15) is 366 Å². The summed E-state index contributed by atoms with van der Waals surface area (Å²) in [5, 5.41) is 17.3. The molecule has 0 saturated carbocycles. The minimum atomic E-state index is -0.828. The molecule has 0 aromatic carbocycles. The number of unbranched alkanes of at least 4 members (excludes halogenated alkanes) is 55. The normalized spacial score (nSPS) is 11.7. The first-order valence-corrected chi connectivity index (χ1v) is 30.2. The summed E-state index contributed by atoms with van der Waals surface area (Å²) in [6.07, 6.45) is 82.1. The van der Waals surface area contributed by atoms with E-state index in [0.717, 1.165) is 25.7 Å². The summed E-state index contributed by atoms with van der Waals surface area (Å²) in [6.45, 7) is 0.